The van der Waals surface area contributed by atoms with Gasteiger partial charge >= 0.3 is 5.97 Å². The molecule has 3 rings (SSSR count). The topological polar surface area (TPSA) is 91.0 Å². The summed E-state index contributed by atoms with van der Waals surface area (Å²) >= 11 is 0. The van der Waals surface area contributed by atoms with Crippen LogP contribution in [0.1, 0.15) is 30.9 Å². The molecule has 0 aliphatic carbocycles. The highest BCUT2D eigenvalue weighted by Gasteiger charge is 2.28. The lowest BCUT2D eigenvalue weighted by molar-refractivity contribution is -0.384. The monoisotopic (exact) mass is 366 g/mol. The maximum atomic E-state index is 12.2. The highest BCUT2D eigenvalue weighted by atomic mass is 16.7. The fourth-order valence-electron chi connectivity index (χ4n) is 2.60. The number of nitro groups is 1. The molecule has 2 aromatic carbocycles. The van der Waals surface area contributed by atoms with Crippen molar-refractivity contribution in [2.75, 3.05) is 6.61 Å². The fourth-order valence-corrected chi connectivity index (χ4v) is 2.60. The van der Waals surface area contributed by atoms with Gasteiger partial charge in [0.1, 0.15) is 11.5 Å². The number of oxime groups is 1. The number of carbonyl (C=O) groups is 1. The third-order valence-corrected chi connectivity index (χ3v) is 4.00. The van der Waals surface area contributed by atoms with Crippen molar-refractivity contribution < 1.29 is 19.3 Å². The molecule has 0 spiro atoms. The van der Waals surface area contributed by atoms with E-state index in [1.807, 2.05) is 24.3 Å². The van der Waals surface area contributed by atoms with E-state index < -0.39 is 10.9 Å². The van der Waals surface area contributed by atoms with Crippen LogP contribution in [0.4, 0.5) is 5.69 Å². The van der Waals surface area contributed by atoms with Crippen molar-refractivity contribution in [3.8, 4) is 5.75 Å². The zero-order valence-electron chi connectivity index (χ0n) is 14.8. The molecule has 0 unspecified atom stereocenters. The van der Waals surface area contributed by atoms with E-state index in [1.54, 1.807) is 12.1 Å². The first-order valence-corrected chi connectivity index (χ1v) is 8.58. The lowest BCUT2D eigenvalue weighted by atomic mass is 10.00. The summed E-state index contributed by atoms with van der Waals surface area (Å²) in [6, 6.07) is 13.3. The standard InChI is InChI=1S/C20H18N2O5/c1-2-3-11-26-18-10-5-4-7-14(18)13-17-19(21-27-20(17)23)15-8-6-9-16(12-15)22(24)25/h4-10,12-13H,2-3,11H2,1H3/b17-13-. The number of hydrogen-bond acceptors (Lipinski definition) is 6. The molecule has 0 fully saturated rings. The number of hydrogen-bond donors (Lipinski definition) is 0. The summed E-state index contributed by atoms with van der Waals surface area (Å²) in [5, 5.41) is 14.8. The van der Waals surface area contributed by atoms with Gasteiger partial charge in [-0.2, -0.15) is 0 Å². The van der Waals surface area contributed by atoms with Crippen LogP contribution in [0.5, 0.6) is 5.75 Å². The van der Waals surface area contributed by atoms with Gasteiger partial charge < -0.3 is 9.57 Å². The van der Waals surface area contributed by atoms with Crippen LogP contribution in [0.15, 0.2) is 59.3 Å². The smallest absolute Gasteiger partial charge is 0.368 e. The van der Waals surface area contributed by atoms with Gasteiger partial charge in [0, 0.05) is 23.3 Å². The van der Waals surface area contributed by atoms with Gasteiger partial charge in [0.05, 0.1) is 17.1 Å². The second kappa shape index (κ2) is 8.27. The van der Waals surface area contributed by atoms with Crippen LogP contribution in [0, 0.1) is 10.1 Å². The van der Waals surface area contributed by atoms with Crippen molar-refractivity contribution in [2.24, 2.45) is 5.16 Å². The Morgan fingerprint density at radius 2 is 2.04 bits per heavy atom. The minimum Gasteiger partial charge on any atom is -0.493 e. The normalized spacial score (nSPS) is 14.8. The minimum absolute atomic E-state index is 0.0859. The number of nitro benzene ring substituents is 1. The molecule has 0 radical (unpaired) electrons. The van der Waals surface area contributed by atoms with Gasteiger partial charge in [-0.1, -0.05) is 48.8 Å². The lowest BCUT2D eigenvalue weighted by Crippen LogP contribution is -2.07. The number of rotatable bonds is 7. The van der Waals surface area contributed by atoms with E-state index in [-0.39, 0.29) is 17.0 Å². The van der Waals surface area contributed by atoms with Gasteiger partial charge in [-0.3, -0.25) is 10.1 Å². The third kappa shape index (κ3) is 4.20. The summed E-state index contributed by atoms with van der Waals surface area (Å²) in [4.78, 5) is 27.5. The van der Waals surface area contributed by atoms with Gasteiger partial charge in [0.2, 0.25) is 0 Å². The van der Waals surface area contributed by atoms with Crippen molar-refractivity contribution in [3.63, 3.8) is 0 Å². The molecule has 0 saturated heterocycles. The SMILES string of the molecule is CCCCOc1ccccc1/C=C1\C(=O)ON=C1c1cccc([N+](=O)[O-])c1. The molecular weight excluding hydrogens is 348 g/mol. The minimum atomic E-state index is -0.611. The van der Waals surface area contributed by atoms with Crippen LogP contribution in [0.25, 0.3) is 6.08 Å². The van der Waals surface area contributed by atoms with Gasteiger partial charge in [-0.05, 0) is 18.6 Å². The summed E-state index contributed by atoms with van der Waals surface area (Å²) < 4.78 is 5.79. The Balaban J connectivity index is 1.95. The number of para-hydroxylation sites is 1. The predicted molar refractivity (Wildman–Crippen MR) is 101 cm³/mol. The van der Waals surface area contributed by atoms with E-state index in [9.17, 15) is 14.9 Å². The van der Waals surface area contributed by atoms with Crippen molar-refractivity contribution in [3.05, 3.63) is 75.3 Å². The number of ether oxygens (including phenoxy) is 1. The van der Waals surface area contributed by atoms with Crippen LogP contribution < -0.4 is 4.74 Å². The molecule has 0 saturated carbocycles. The summed E-state index contributed by atoms with van der Waals surface area (Å²) in [5.41, 5.74) is 1.54. The highest BCUT2D eigenvalue weighted by Crippen LogP contribution is 2.27. The molecule has 1 heterocycles. The number of non-ortho nitro benzene ring substituents is 1. The highest BCUT2D eigenvalue weighted by molar-refractivity contribution is 6.31. The maximum Gasteiger partial charge on any atom is 0.368 e. The van der Waals surface area contributed by atoms with Crippen LogP contribution >= 0.6 is 0 Å². The summed E-state index contributed by atoms with van der Waals surface area (Å²) in [5.74, 6) is 0.0383. The van der Waals surface area contributed by atoms with E-state index >= 15 is 0 Å². The van der Waals surface area contributed by atoms with Crippen LogP contribution in [-0.2, 0) is 9.63 Å². The van der Waals surface area contributed by atoms with Crippen LogP contribution in [0.2, 0.25) is 0 Å². The molecule has 0 aromatic heterocycles. The first kappa shape index (κ1) is 18.3. The molecule has 0 amide bonds. The van der Waals surface area contributed by atoms with Crippen LogP contribution in [0.3, 0.4) is 0 Å². The van der Waals surface area contributed by atoms with Gasteiger partial charge in [0.25, 0.3) is 5.69 Å². The van der Waals surface area contributed by atoms with Gasteiger partial charge in [-0.25, -0.2) is 4.79 Å². The predicted octanol–water partition coefficient (Wildman–Crippen LogP) is 4.12. The molecule has 7 heteroatoms. The summed E-state index contributed by atoms with van der Waals surface area (Å²) in [7, 11) is 0. The number of nitrogens with zero attached hydrogens (tertiary/aromatic N) is 2. The van der Waals surface area contributed by atoms with Crippen molar-refractivity contribution in [1.82, 2.24) is 0 Å². The van der Waals surface area contributed by atoms with Gasteiger partial charge in [0.15, 0.2) is 0 Å². The molecule has 0 N–H and O–H groups in total. The van der Waals surface area contributed by atoms with Crippen molar-refractivity contribution >= 4 is 23.4 Å². The lowest BCUT2D eigenvalue weighted by Gasteiger charge is -2.09. The van der Waals surface area contributed by atoms with Crippen LogP contribution in [-0.4, -0.2) is 23.2 Å². The quantitative estimate of drug-likeness (QED) is 0.242. The Labute approximate surface area is 156 Å². The average Bonchev–Trinajstić information content (AvgIpc) is 3.04. The molecule has 2 aromatic rings. The zero-order chi connectivity index (χ0) is 19.2. The summed E-state index contributed by atoms with van der Waals surface area (Å²) in [6.07, 6.45) is 3.57. The summed E-state index contributed by atoms with van der Waals surface area (Å²) in [6.45, 7) is 2.65. The second-order valence-corrected chi connectivity index (χ2v) is 5.92. The largest absolute Gasteiger partial charge is 0.493 e. The Morgan fingerprint density at radius 1 is 1.22 bits per heavy atom. The van der Waals surface area contributed by atoms with E-state index in [4.69, 9.17) is 9.57 Å². The molecule has 1 aliphatic rings. The van der Waals surface area contributed by atoms with E-state index in [0.29, 0.717) is 23.5 Å². The molecule has 1 aliphatic heterocycles. The number of unbranched alkanes of at least 4 members (excludes halogenated alkanes) is 1. The van der Waals surface area contributed by atoms with Gasteiger partial charge in [-0.15, -0.1) is 0 Å². The van der Waals surface area contributed by atoms with E-state index in [1.165, 1.54) is 18.2 Å². The maximum absolute atomic E-state index is 12.2. The molecule has 0 atom stereocenters. The first-order valence-electron chi connectivity index (χ1n) is 8.58. The van der Waals surface area contributed by atoms with E-state index in [0.717, 1.165) is 12.8 Å². The molecule has 0 bridgehead atoms. The molecule has 7 nitrogen and oxygen atoms in total. The molecule has 27 heavy (non-hydrogen) atoms. The zero-order valence-corrected chi connectivity index (χ0v) is 14.8. The Kier molecular flexibility index (Phi) is 5.61. The second-order valence-electron chi connectivity index (χ2n) is 5.92. The van der Waals surface area contributed by atoms with Crippen molar-refractivity contribution in [2.45, 2.75) is 19.8 Å². The Hall–Kier alpha value is -3.48. The Morgan fingerprint density at radius 3 is 2.81 bits per heavy atom. The molecule has 138 valence electrons. The fraction of sp³-hybridized carbons (Fsp3) is 0.200. The molecular formula is C20H18N2O5. The number of benzene rings is 2. The Bertz CT molecular complexity index is 933. The third-order valence-electron chi connectivity index (χ3n) is 4.00. The van der Waals surface area contributed by atoms with E-state index in [2.05, 4.69) is 12.1 Å². The first-order chi connectivity index (χ1) is 13.1. The average molecular weight is 366 g/mol. The van der Waals surface area contributed by atoms with Crippen molar-refractivity contribution in [1.29, 1.82) is 0 Å². The number of carbonyl (C=O) groups excluding carboxylic acids is 1.